The number of carbonyl (C=O) groups is 2. The third-order valence-electron chi connectivity index (χ3n) is 6.55. The summed E-state index contributed by atoms with van der Waals surface area (Å²) in [5, 5.41) is 2.89. The molecule has 0 atom stereocenters. The van der Waals surface area contributed by atoms with Crippen molar-refractivity contribution in [2.24, 2.45) is 23.2 Å². The van der Waals surface area contributed by atoms with E-state index in [1.807, 2.05) is 32.0 Å². The molecule has 4 saturated carbocycles. The molecular weight excluding hydrogens is 314 g/mol. The molecule has 4 heteroatoms. The van der Waals surface area contributed by atoms with Crippen LogP contribution in [0, 0.1) is 37.0 Å². The van der Waals surface area contributed by atoms with E-state index in [1.165, 1.54) is 19.3 Å². The van der Waals surface area contributed by atoms with Crippen LogP contribution in [-0.2, 0) is 14.3 Å². The average Bonchev–Trinajstić information content (AvgIpc) is 2.55. The minimum absolute atomic E-state index is 0.136. The van der Waals surface area contributed by atoms with Crippen LogP contribution >= 0.6 is 0 Å². The third kappa shape index (κ3) is 3.07. The zero-order valence-electron chi connectivity index (χ0n) is 15.1. The van der Waals surface area contributed by atoms with E-state index in [-0.39, 0.29) is 23.9 Å². The normalized spacial score (nSPS) is 32.5. The number of benzene rings is 1. The first kappa shape index (κ1) is 16.6. The number of hydrogen-bond donors (Lipinski definition) is 1. The molecule has 5 rings (SSSR count). The Balaban J connectivity index is 1.37. The quantitative estimate of drug-likeness (QED) is 0.842. The second kappa shape index (κ2) is 6.15. The van der Waals surface area contributed by atoms with Crippen LogP contribution in [0.2, 0.25) is 0 Å². The lowest BCUT2D eigenvalue weighted by Crippen LogP contribution is -2.50. The molecule has 4 nitrogen and oxygen atoms in total. The number of hydrogen-bond acceptors (Lipinski definition) is 3. The zero-order valence-corrected chi connectivity index (χ0v) is 15.1. The molecule has 1 aromatic carbocycles. The van der Waals surface area contributed by atoms with Gasteiger partial charge in [0.2, 0.25) is 0 Å². The molecule has 0 heterocycles. The summed E-state index contributed by atoms with van der Waals surface area (Å²) in [6.45, 7) is 3.74. The minimum atomic E-state index is -0.298. The van der Waals surface area contributed by atoms with E-state index in [0.29, 0.717) is 17.8 Å². The summed E-state index contributed by atoms with van der Waals surface area (Å²) in [5.74, 6) is 1.70. The van der Waals surface area contributed by atoms with Crippen LogP contribution in [0.15, 0.2) is 18.2 Å². The van der Waals surface area contributed by atoms with Crippen molar-refractivity contribution in [1.82, 2.24) is 0 Å². The van der Waals surface area contributed by atoms with Crippen LogP contribution in [-0.4, -0.2) is 18.5 Å². The standard InChI is InChI=1S/C21H27NO3/c1-13-4-3-5-14(2)19(13)22-18(23)12-25-20(24)21-9-15-6-16(10-21)8-17(7-15)11-21/h3-5,15-17H,6-12H2,1-2H3,(H,22,23). The molecule has 0 aliphatic heterocycles. The van der Waals surface area contributed by atoms with Crippen molar-refractivity contribution in [1.29, 1.82) is 0 Å². The van der Waals surface area contributed by atoms with E-state index in [2.05, 4.69) is 5.32 Å². The summed E-state index contributed by atoms with van der Waals surface area (Å²) in [4.78, 5) is 25.0. The van der Waals surface area contributed by atoms with Gasteiger partial charge in [0, 0.05) is 5.69 Å². The number of esters is 1. The molecule has 1 aromatic rings. The molecule has 0 radical (unpaired) electrons. The monoisotopic (exact) mass is 341 g/mol. The first-order valence-electron chi connectivity index (χ1n) is 9.48. The molecule has 134 valence electrons. The predicted molar refractivity (Wildman–Crippen MR) is 96.1 cm³/mol. The first-order valence-corrected chi connectivity index (χ1v) is 9.48. The summed E-state index contributed by atoms with van der Waals surface area (Å²) in [6.07, 6.45) is 6.78. The summed E-state index contributed by atoms with van der Waals surface area (Å²) >= 11 is 0. The Hall–Kier alpha value is -1.84. The SMILES string of the molecule is Cc1cccc(C)c1NC(=O)COC(=O)C12CC3CC(CC(C3)C1)C2. The highest BCUT2D eigenvalue weighted by atomic mass is 16.5. The fraction of sp³-hybridized carbons (Fsp3) is 0.619. The molecule has 0 unspecified atom stereocenters. The van der Waals surface area contributed by atoms with Gasteiger partial charge < -0.3 is 10.1 Å². The smallest absolute Gasteiger partial charge is 0.312 e. The summed E-state index contributed by atoms with van der Waals surface area (Å²) in [7, 11) is 0. The molecule has 4 aliphatic rings. The number of para-hydroxylation sites is 1. The average molecular weight is 341 g/mol. The largest absolute Gasteiger partial charge is 0.455 e. The Labute approximate surface area is 149 Å². The maximum Gasteiger partial charge on any atom is 0.312 e. The van der Waals surface area contributed by atoms with Gasteiger partial charge in [0.15, 0.2) is 6.61 Å². The Kier molecular flexibility index (Phi) is 4.09. The number of carbonyl (C=O) groups excluding carboxylic acids is 2. The number of rotatable bonds is 4. The lowest BCUT2D eigenvalue weighted by molar-refractivity contribution is -0.172. The van der Waals surface area contributed by atoms with Gasteiger partial charge in [0.25, 0.3) is 5.91 Å². The molecule has 4 bridgehead atoms. The van der Waals surface area contributed by atoms with Crippen molar-refractivity contribution in [2.75, 3.05) is 11.9 Å². The van der Waals surface area contributed by atoms with Gasteiger partial charge in [0.1, 0.15) is 0 Å². The number of ether oxygens (including phenoxy) is 1. The van der Waals surface area contributed by atoms with Gasteiger partial charge >= 0.3 is 5.97 Å². The Morgan fingerprint density at radius 1 is 1.04 bits per heavy atom. The highest BCUT2D eigenvalue weighted by molar-refractivity contribution is 5.94. The van der Waals surface area contributed by atoms with Crippen molar-refractivity contribution in [2.45, 2.75) is 52.4 Å². The van der Waals surface area contributed by atoms with Crippen LogP contribution in [0.25, 0.3) is 0 Å². The molecule has 4 fully saturated rings. The molecule has 1 amide bonds. The lowest BCUT2D eigenvalue weighted by Gasteiger charge is -2.55. The molecule has 25 heavy (non-hydrogen) atoms. The minimum Gasteiger partial charge on any atom is -0.455 e. The fourth-order valence-corrected chi connectivity index (χ4v) is 5.83. The van der Waals surface area contributed by atoms with Crippen molar-refractivity contribution in [3.8, 4) is 0 Å². The van der Waals surface area contributed by atoms with Gasteiger partial charge in [-0.15, -0.1) is 0 Å². The Bertz CT molecular complexity index is 654. The first-order chi connectivity index (χ1) is 11.9. The molecule has 0 saturated heterocycles. The van der Waals surface area contributed by atoms with E-state index in [0.717, 1.165) is 36.1 Å². The van der Waals surface area contributed by atoms with Crippen molar-refractivity contribution < 1.29 is 14.3 Å². The van der Waals surface area contributed by atoms with Gasteiger partial charge in [-0.2, -0.15) is 0 Å². The Morgan fingerprint density at radius 2 is 1.56 bits per heavy atom. The van der Waals surface area contributed by atoms with Gasteiger partial charge in [-0.05, 0) is 81.3 Å². The van der Waals surface area contributed by atoms with Gasteiger partial charge in [0.05, 0.1) is 5.41 Å². The zero-order chi connectivity index (χ0) is 17.6. The van der Waals surface area contributed by atoms with Crippen molar-refractivity contribution in [3.63, 3.8) is 0 Å². The van der Waals surface area contributed by atoms with Crippen LogP contribution in [0.4, 0.5) is 5.69 Å². The van der Waals surface area contributed by atoms with E-state index in [9.17, 15) is 9.59 Å². The molecule has 4 aliphatic carbocycles. The van der Waals surface area contributed by atoms with Crippen LogP contribution in [0.3, 0.4) is 0 Å². The number of aryl methyl sites for hydroxylation is 2. The summed E-state index contributed by atoms with van der Waals surface area (Å²) in [6, 6.07) is 5.89. The van der Waals surface area contributed by atoms with Gasteiger partial charge in [-0.25, -0.2) is 0 Å². The summed E-state index contributed by atoms with van der Waals surface area (Å²) in [5.41, 5.74) is 2.55. The number of amides is 1. The molecule has 0 spiro atoms. The van der Waals surface area contributed by atoms with E-state index < -0.39 is 0 Å². The van der Waals surface area contributed by atoms with Crippen LogP contribution in [0.5, 0.6) is 0 Å². The topological polar surface area (TPSA) is 55.4 Å². The third-order valence-corrected chi connectivity index (χ3v) is 6.55. The maximum absolute atomic E-state index is 12.8. The number of anilines is 1. The van der Waals surface area contributed by atoms with Gasteiger partial charge in [-0.1, -0.05) is 18.2 Å². The molecule has 0 aromatic heterocycles. The highest BCUT2D eigenvalue weighted by Gasteiger charge is 2.55. The summed E-state index contributed by atoms with van der Waals surface area (Å²) < 4.78 is 5.49. The molecular formula is C21H27NO3. The van der Waals surface area contributed by atoms with Crippen LogP contribution < -0.4 is 5.32 Å². The maximum atomic E-state index is 12.8. The van der Waals surface area contributed by atoms with E-state index >= 15 is 0 Å². The Morgan fingerprint density at radius 3 is 2.08 bits per heavy atom. The van der Waals surface area contributed by atoms with E-state index in [4.69, 9.17) is 4.74 Å². The second-order valence-electron chi connectivity index (χ2n) is 8.59. The fourth-order valence-electron chi connectivity index (χ4n) is 5.83. The number of nitrogens with one attached hydrogen (secondary N) is 1. The van der Waals surface area contributed by atoms with Crippen molar-refractivity contribution in [3.05, 3.63) is 29.3 Å². The predicted octanol–water partition coefficient (Wildman–Crippen LogP) is 4.00. The lowest BCUT2D eigenvalue weighted by atomic mass is 9.49. The van der Waals surface area contributed by atoms with Crippen molar-refractivity contribution >= 4 is 17.6 Å². The van der Waals surface area contributed by atoms with E-state index in [1.54, 1.807) is 0 Å². The highest BCUT2D eigenvalue weighted by Crippen LogP contribution is 2.60. The molecule has 1 N–H and O–H groups in total. The second-order valence-corrected chi connectivity index (χ2v) is 8.59. The van der Waals surface area contributed by atoms with Gasteiger partial charge in [-0.3, -0.25) is 9.59 Å². The van der Waals surface area contributed by atoms with Crippen LogP contribution in [0.1, 0.15) is 49.7 Å².